The van der Waals surface area contributed by atoms with E-state index in [2.05, 4.69) is 10.0 Å². The molecule has 3 heterocycles. The summed E-state index contributed by atoms with van der Waals surface area (Å²) in [6.07, 6.45) is -2.02. The molecule has 0 unspecified atom stereocenters. The summed E-state index contributed by atoms with van der Waals surface area (Å²) in [7, 11) is -3.99. The number of aryl methyl sites for hydroxylation is 1. The number of ether oxygens (including phenoxy) is 3. The van der Waals surface area contributed by atoms with Crippen molar-refractivity contribution >= 4 is 15.9 Å². The molecule has 10 nitrogen and oxygen atoms in total. The summed E-state index contributed by atoms with van der Waals surface area (Å²) in [5, 5.41) is 2.65. The molecule has 0 aromatic heterocycles. The predicted molar refractivity (Wildman–Crippen MR) is 115 cm³/mol. The Balaban J connectivity index is 1.84. The maximum absolute atomic E-state index is 13.8. The minimum Gasteiger partial charge on any atom is -0.444 e. The lowest BCUT2D eigenvalue weighted by Gasteiger charge is -2.31. The van der Waals surface area contributed by atoms with Gasteiger partial charge in [-0.25, -0.2) is 13.2 Å². The molecule has 3 aliphatic rings. The second-order valence-electron chi connectivity index (χ2n) is 9.95. The quantitative estimate of drug-likeness (QED) is 0.383. The minimum atomic E-state index is -3.99. The number of hydrogen-bond acceptors (Lipinski definition) is 7. The molecular formula is C21H28N4O6S. The first kappa shape index (κ1) is 22.8. The average molecular weight is 465 g/mol. The van der Waals surface area contributed by atoms with Crippen LogP contribution in [-0.2, 0) is 24.0 Å². The maximum atomic E-state index is 13.8. The van der Waals surface area contributed by atoms with E-state index in [1.165, 1.54) is 17.0 Å². The summed E-state index contributed by atoms with van der Waals surface area (Å²) in [4.78, 5) is 17.5. The van der Waals surface area contributed by atoms with Crippen molar-refractivity contribution in [3.8, 4) is 0 Å². The minimum absolute atomic E-state index is 0.0951. The Hall–Kier alpha value is -2.33. The Morgan fingerprint density at radius 2 is 1.72 bits per heavy atom. The Bertz CT molecular complexity index is 1070. The number of hydrogen-bond donors (Lipinski definition) is 0. The number of nitrogens with zero attached hydrogens (tertiary/aromatic N) is 4. The van der Waals surface area contributed by atoms with E-state index in [-0.39, 0.29) is 4.90 Å². The van der Waals surface area contributed by atoms with Gasteiger partial charge in [-0.05, 0) is 59.2 Å². The number of fused-ring (bicyclic) bond motifs is 5. The van der Waals surface area contributed by atoms with Gasteiger partial charge >= 0.3 is 6.09 Å². The van der Waals surface area contributed by atoms with Gasteiger partial charge in [-0.3, -0.25) is 4.90 Å². The molecule has 3 aliphatic heterocycles. The smallest absolute Gasteiger partial charge is 0.411 e. The first-order valence-electron chi connectivity index (χ1n) is 10.5. The van der Waals surface area contributed by atoms with Gasteiger partial charge in [0.2, 0.25) is 0 Å². The van der Waals surface area contributed by atoms with Crippen LogP contribution in [0.2, 0.25) is 0 Å². The van der Waals surface area contributed by atoms with Gasteiger partial charge in [-0.2, -0.15) is 0 Å². The van der Waals surface area contributed by atoms with Gasteiger partial charge in [0.05, 0.1) is 28.3 Å². The first-order valence-corrected chi connectivity index (χ1v) is 12.0. The SMILES string of the molecule is Cc1ccc(S(=O)(=O)[C@@H]2[C@@H](N=[N+]=[N-])[C@H]3[C@@H]4OC(C)(C)O[C@@H]4[C@@H]2N3C(=O)OC(C)(C)C)cc1. The van der Waals surface area contributed by atoms with E-state index in [0.717, 1.165) is 5.56 Å². The summed E-state index contributed by atoms with van der Waals surface area (Å²) >= 11 is 0. The van der Waals surface area contributed by atoms with Gasteiger partial charge in [0, 0.05) is 4.91 Å². The Morgan fingerprint density at radius 1 is 1.16 bits per heavy atom. The largest absolute Gasteiger partial charge is 0.444 e. The zero-order valence-corrected chi connectivity index (χ0v) is 19.7. The monoisotopic (exact) mass is 464 g/mol. The van der Waals surface area contributed by atoms with Gasteiger partial charge in [0.15, 0.2) is 15.6 Å². The van der Waals surface area contributed by atoms with Gasteiger partial charge in [0.1, 0.15) is 17.8 Å². The number of azide groups is 1. The Morgan fingerprint density at radius 3 is 2.25 bits per heavy atom. The van der Waals surface area contributed by atoms with E-state index in [9.17, 15) is 18.7 Å². The zero-order valence-electron chi connectivity index (χ0n) is 18.9. The van der Waals surface area contributed by atoms with Gasteiger partial charge in [-0.15, -0.1) is 0 Å². The van der Waals surface area contributed by atoms with Crippen LogP contribution in [0.5, 0.6) is 0 Å². The average Bonchev–Trinajstić information content (AvgIpc) is 3.24. The fourth-order valence-corrected chi connectivity index (χ4v) is 7.03. The van der Waals surface area contributed by atoms with Crippen LogP contribution < -0.4 is 0 Å². The Labute approximate surface area is 187 Å². The molecule has 1 amide bonds. The summed E-state index contributed by atoms with van der Waals surface area (Å²) in [5.74, 6) is -0.963. The van der Waals surface area contributed by atoms with Crippen molar-refractivity contribution in [1.29, 1.82) is 0 Å². The fourth-order valence-electron chi connectivity index (χ4n) is 4.97. The third-order valence-corrected chi connectivity index (χ3v) is 8.20. The standard InChI is InChI=1S/C21H28N4O6S/c1-11-7-9-12(10-8-11)32(27,28)18-13(23-24-22)14-16-17(30-21(5,6)29-16)15(18)25(14)19(26)31-20(2,3)4/h7-10,13-18H,1-6H3/t13-,14-,15-,16-,17+,18+/m0/s1. The van der Waals surface area contributed by atoms with Crippen LogP contribution in [-0.4, -0.2) is 66.4 Å². The molecule has 0 N–H and O–H groups in total. The van der Waals surface area contributed by atoms with E-state index < -0.39 is 62.9 Å². The molecule has 174 valence electrons. The van der Waals surface area contributed by atoms with Crippen LogP contribution in [0, 0.1) is 6.92 Å². The number of rotatable bonds is 3. The van der Waals surface area contributed by atoms with Crippen LogP contribution in [0.25, 0.3) is 10.4 Å². The van der Waals surface area contributed by atoms with Crippen molar-refractivity contribution in [2.24, 2.45) is 5.11 Å². The summed E-state index contributed by atoms with van der Waals surface area (Å²) < 4.78 is 45.2. The highest BCUT2D eigenvalue weighted by Gasteiger charge is 2.72. The number of amides is 1. The van der Waals surface area contributed by atoms with Crippen molar-refractivity contribution in [2.45, 2.75) is 93.4 Å². The summed E-state index contributed by atoms with van der Waals surface area (Å²) in [6.45, 7) is 10.5. The molecular weight excluding hydrogens is 436 g/mol. The summed E-state index contributed by atoms with van der Waals surface area (Å²) in [6, 6.07) is 3.64. The third kappa shape index (κ3) is 3.63. The molecule has 3 saturated heterocycles. The van der Waals surface area contributed by atoms with Gasteiger partial charge in [-0.1, -0.05) is 22.8 Å². The lowest BCUT2D eigenvalue weighted by molar-refractivity contribution is -0.161. The highest BCUT2D eigenvalue weighted by Crippen LogP contribution is 2.52. The maximum Gasteiger partial charge on any atom is 0.411 e. The van der Waals surface area contributed by atoms with Crippen molar-refractivity contribution in [3.05, 3.63) is 40.3 Å². The molecule has 1 aromatic carbocycles. The van der Waals surface area contributed by atoms with Crippen LogP contribution >= 0.6 is 0 Å². The molecule has 0 spiro atoms. The molecule has 1 aromatic rings. The topological polar surface area (TPSA) is 131 Å². The Kier molecular flexibility index (Phi) is 5.24. The summed E-state index contributed by atoms with van der Waals surface area (Å²) in [5.41, 5.74) is 9.37. The number of carbonyl (C=O) groups excluding carboxylic acids is 1. The van der Waals surface area contributed by atoms with Gasteiger partial charge in [0.25, 0.3) is 0 Å². The highest BCUT2D eigenvalue weighted by molar-refractivity contribution is 7.92. The molecule has 4 rings (SSSR count). The van der Waals surface area contributed by atoms with E-state index in [1.54, 1.807) is 46.8 Å². The third-order valence-electron chi connectivity index (χ3n) is 6.00. The van der Waals surface area contributed by atoms with Crippen LogP contribution in [0.3, 0.4) is 0 Å². The highest BCUT2D eigenvalue weighted by atomic mass is 32.2. The molecule has 0 radical (unpaired) electrons. The molecule has 11 heteroatoms. The predicted octanol–water partition coefficient (Wildman–Crippen LogP) is 3.34. The van der Waals surface area contributed by atoms with Gasteiger partial charge < -0.3 is 14.2 Å². The van der Waals surface area contributed by atoms with E-state index in [1.807, 2.05) is 6.92 Å². The normalized spacial score (nSPS) is 33.0. The van der Waals surface area contributed by atoms with E-state index in [0.29, 0.717) is 0 Å². The second kappa shape index (κ2) is 7.34. The van der Waals surface area contributed by atoms with Crippen molar-refractivity contribution in [3.63, 3.8) is 0 Å². The number of sulfone groups is 1. The molecule has 0 aliphatic carbocycles. The van der Waals surface area contributed by atoms with Crippen molar-refractivity contribution in [2.75, 3.05) is 0 Å². The molecule has 3 fully saturated rings. The molecule has 6 atom stereocenters. The number of carbonyl (C=O) groups is 1. The zero-order chi connectivity index (χ0) is 23.6. The second-order valence-corrected chi connectivity index (χ2v) is 12.1. The van der Waals surface area contributed by atoms with Crippen molar-refractivity contribution < 1.29 is 27.4 Å². The first-order chi connectivity index (χ1) is 14.8. The fraction of sp³-hybridized carbons (Fsp3) is 0.667. The molecule has 32 heavy (non-hydrogen) atoms. The van der Waals surface area contributed by atoms with E-state index in [4.69, 9.17) is 14.2 Å². The lowest BCUT2D eigenvalue weighted by atomic mass is 9.90. The van der Waals surface area contributed by atoms with Crippen LogP contribution in [0.4, 0.5) is 4.79 Å². The number of benzene rings is 1. The van der Waals surface area contributed by atoms with Crippen LogP contribution in [0.1, 0.15) is 40.2 Å². The van der Waals surface area contributed by atoms with Crippen LogP contribution in [0.15, 0.2) is 34.3 Å². The molecule has 0 saturated carbocycles. The lowest BCUT2D eigenvalue weighted by Crippen LogP contribution is -2.53. The molecule has 2 bridgehead atoms. The van der Waals surface area contributed by atoms with E-state index >= 15 is 0 Å². The van der Waals surface area contributed by atoms with Crippen molar-refractivity contribution in [1.82, 2.24) is 4.90 Å².